The third-order valence-corrected chi connectivity index (χ3v) is 12.2. The molecule has 6 heteroatoms. The minimum atomic E-state index is -2.39. The predicted octanol–water partition coefficient (Wildman–Crippen LogP) is 12.5. The van der Waals surface area contributed by atoms with Crippen LogP contribution in [0.25, 0.3) is 60.9 Å². The topological polar surface area (TPSA) is 36.9 Å². The first-order chi connectivity index (χ1) is 29.3. The average molecular weight is 902 g/mol. The Morgan fingerprint density at radius 3 is 2.20 bits per heavy atom. The van der Waals surface area contributed by atoms with Gasteiger partial charge in [-0.05, 0) is 47.3 Å². The summed E-state index contributed by atoms with van der Waals surface area (Å²) in [4.78, 5) is 4.94. The Hall–Kier alpha value is -5.77. The quantitative estimate of drug-likeness (QED) is 0.167. The number of hydrogen-bond donors (Lipinski definition) is 0. The molecule has 0 bridgehead atoms. The number of aryl methyl sites for hydroxylation is 2. The van der Waals surface area contributed by atoms with Crippen molar-refractivity contribution in [2.75, 3.05) is 0 Å². The number of rotatable bonds is 6. The molecule has 3 aromatic heterocycles. The van der Waals surface area contributed by atoms with Crippen molar-refractivity contribution in [1.82, 2.24) is 18.7 Å². The molecule has 0 N–H and O–H groups in total. The number of pyridine rings is 1. The molecule has 1 aliphatic carbocycles. The largest absolute Gasteiger partial charge is 0.238 e. The van der Waals surface area contributed by atoms with Crippen LogP contribution in [0.5, 0.6) is 11.5 Å². The maximum atomic E-state index is 8.57. The number of aromatic nitrogens is 4. The fourth-order valence-corrected chi connectivity index (χ4v) is 9.35. The van der Waals surface area contributed by atoms with E-state index in [1.54, 1.807) is 12.3 Å². The van der Waals surface area contributed by atoms with E-state index in [9.17, 15) is 0 Å². The third-order valence-electron chi connectivity index (χ3n) is 11.2. The SMILES string of the molecule is [2H]C([2H])([2H])c1cc(-n2c3ccc(-c4ccccc4)cc3c3ccc(Oc4ccc5c(c4)C(n4[c](=[Pt])n(C([2H])([2H])[2H])c6ccccc64)CCC5C)cc32)ncc1-c1ccccc1. The molecule has 0 saturated heterocycles. The van der Waals surface area contributed by atoms with Gasteiger partial charge in [0.1, 0.15) is 0 Å². The van der Waals surface area contributed by atoms with Crippen molar-refractivity contribution < 1.29 is 32.3 Å². The number of benzene rings is 6. The first-order valence-electron chi connectivity index (χ1n) is 21.5. The zero-order valence-corrected chi connectivity index (χ0v) is 32.3. The van der Waals surface area contributed by atoms with Crippen LogP contribution >= 0.6 is 0 Å². The number of ether oxygens (including phenoxy) is 1. The van der Waals surface area contributed by atoms with E-state index in [2.05, 4.69) is 79.4 Å². The second-order valence-electron chi connectivity index (χ2n) is 14.4. The van der Waals surface area contributed by atoms with Gasteiger partial charge in [0.15, 0.2) is 0 Å². The van der Waals surface area contributed by atoms with Crippen LogP contribution in [0.2, 0.25) is 0 Å². The summed E-state index contributed by atoms with van der Waals surface area (Å²) in [6, 6.07) is 47.7. The minimum Gasteiger partial charge on any atom is -0.238 e. The fourth-order valence-electron chi connectivity index (χ4n) is 8.45. The van der Waals surface area contributed by atoms with Crippen molar-refractivity contribution in [2.24, 2.45) is 6.98 Å². The molecular weight excluding hydrogens is 856 g/mol. The standard InChI is InChI=1S/C49H40N4O.Pt/c1-32-18-24-44(52-31-51(3)46-16-10-11-17-47(46)52)42-28-37(20-22-39(32)42)54-38-21-23-40-41-27-36(34-12-6-4-7-13-34)19-25-45(41)53(48(40)29-38)49-26-33(2)43(30-50-49)35-14-8-5-9-15-35;/h4-17,19-23,25-30,32,44H,18,24H2,1-3H3;/i2D3,3D3;. The van der Waals surface area contributed by atoms with Gasteiger partial charge in [0.05, 0.1) is 0 Å². The van der Waals surface area contributed by atoms with Crippen LogP contribution < -0.4 is 4.74 Å². The molecule has 5 nitrogen and oxygen atoms in total. The molecule has 0 spiro atoms. The van der Waals surface area contributed by atoms with E-state index in [-0.39, 0.29) is 11.6 Å². The van der Waals surface area contributed by atoms with Gasteiger partial charge in [0, 0.05) is 15.9 Å². The van der Waals surface area contributed by atoms with E-state index in [0.717, 1.165) is 62.4 Å². The molecule has 9 aromatic rings. The molecule has 1 aliphatic rings. The molecule has 0 fully saturated rings. The Bertz CT molecular complexity index is 3200. The predicted molar refractivity (Wildman–Crippen MR) is 221 cm³/mol. The summed E-state index contributed by atoms with van der Waals surface area (Å²) in [5.74, 6) is 2.09. The van der Waals surface area contributed by atoms with E-state index >= 15 is 0 Å². The van der Waals surface area contributed by atoms with E-state index in [0.29, 0.717) is 38.1 Å². The number of fused-ring (bicyclic) bond motifs is 5. The molecule has 0 aliphatic heterocycles. The van der Waals surface area contributed by atoms with Gasteiger partial charge in [-0.25, -0.2) is 4.98 Å². The first kappa shape index (κ1) is 27.8. The smallest absolute Gasteiger partial charge is 0.0374 e. The van der Waals surface area contributed by atoms with Crippen LogP contribution in [0.15, 0.2) is 152 Å². The number of imidazole rings is 1. The Kier molecular flexibility index (Phi) is 6.82. The first-order valence-corrected chi connectivity index (χ1v) is 19.7. The summed E-state index contributed by atoms with van der Waals surface area (Å²) in [5, 5.41) is 1.97. The summed E-state index contributed by atoms with van der Waals surface area (Å²) in [6.07, 6.45) is 3.48. The van der Waals surface area contributed by atoms with Crippen molar-refractivity contribution in [3.05, 3.63) is 172 Å². The van der Waals surface area contributed by atoms with Crippen LogP contribution in [0.3, 0.4) is 0 Å². The summed E-state index contributed by atoms with van der Waals surface area (Å²) in [7, 11) is 0. The van der Waals surface area contributed by atoms with Gasteiger partial charge in [-0.3, -0.25) is 0 Å². The van der Waals surface area contributed by atoms with Crippen LogP contribution in [-0.2, 0) is 26.3 Å². The fraction of sp³-hybridized carbons (Fsp3) is 0.143. The Labute approximate surface area is 339 Å². The normalized spacial score (nSPS) is 17.6. The van der Waals surface area contributed by atoms with Gasteiger partial charge >= 0.3 is 206 Å². The van der Waals surface area contributed by atoms with Crippen molar-refractivity contribution in [3.8, 4) is 39.6 Å². The van der Waals surface area contributed by atoms with Gasteiger partial charge in [-0.1, -0.05) is 66.7 Å². The molecule has 0 amide bonds. The third kappa shape index (κ3) is 5.72. The van der Waals surface area contributed by atoms with E-state index < -0.39 is 13.8 Å². The summed E-state index contributed by atoms with van der Waals surface area (Å²) < 4.78 is 63.9. The molecule has 0 radical (unpaired) electrons. The molecule has 10 rings (SSSR count). The molecule has 0 saturated carbocycles. The molecule has 2 atom stereocenters. The minimum absolute atomic E-state index is 0.100. The molecule has 6 aromatic carbocycles. The number of nitrogens with zero attached hydrogens (tertiary/aromatic N) is 4. The summed E-state index contributed by atoms with van der Waals surface area (Å²) >= 11 is 2.16. The second-order valence-corrected chi connectivity index (χ2v) is 15.4. The monoisotopic (exact) mass is 901 g/mol. The van der Waals surface area contributed by atoms with Crippen LogP contribution in [0.4, 0.5) is 0 Å². The maximum Gasteiger partial charge on any atom is 0.0374 e. The van der Waals surface area contributed by atoms with Crippen molar-refractivity contribution in [3.63, 3.8) is 0 Å². The van der Waals surface area contributed by atoms with Crippen LogP contribution in [0, 0.1) is 10.7 Å². The van der Waals surface area contributed by atoms with Gasteiger partial charge in [-0.2, -0.15) is 0 Å². The summed E-state index contributed by atoms with van der Waals surface area (Å²) in [6.45, 7) is -2.49. The Balaban J connectivity index is 1.11. The average Bonchev–Trinajstić information content (AvgIpc) is 3.74. The van der Waals surface area contributed by atoms with E-state index in [1.807, 2.05) is 95.6 Å². The Morgan fingerprint density at radius 2 is 1.40 bits per heavy atom. The van der Waals surface area contributed by atoms with Crippen molar-refractivity contribution >= 4 is 32.8 Å². The Morgan fingerprint density at radius 1 is 0.655 bits per heavy atom. The number of para-hydroxylation sites is 2. The van der Waals surface area contributed by atoms with Crippen molar-refractivity contribution in [2.45, 2.75) is 38.6 Å². The van der Waals surface area contributed by atoms with Gasteiger partial charge in [0.2, 0.25) is 0 Å². The molecule has 3 heterocycles. The molecule has 55 heavy (non-hydrogen) atoms. The molecule has 272 valence electrons. The van der Waals surface area contributed by atoms with Crippen molar-refractivity contribution in [1.29, 1.82) is 0 Å². The summed E-state index contributed by atoms with van der Waals surface area (Å²) in [5.41, 5.74) is 9.32. The maximum absolute atomic E-state index is 8.57. The van der Waals surface area contributed by atoms with Gasteiger partial charge < -0.3 is 0 Å². The zero-order chi connectivity index (χ0) is 42.2. The molecular formula is C49H40N4OPt. The van der Waals surface area contributed by atoms with Gasteiger partial charge in [0.25, 0.3) is 0 Å². The zero-order valence-electron chi connectivity index (χ0n) is 36.0. The molecule has 2 unspecified atom stereocenters. The van der Waals surface area contributed by atoms with Gasteiger partial charge in [-0.15, -0.1) is 0 Å². The van der Waals surface area contributed by atoms with Crippen LogP contribution in [0.1, 0.15) is 56.6 Å². The van der Waals surface area contributed by atoms with E-state index in [4.69, 9.17) is 17.9 Å². The number of hydrogen-bond acceptors (Lipinski definition) is 2. The van der Waals surface area contributed by atoms with Crippen LogP contribution in [-0.4, -0.2) is 18.7 Å². The van der Waals surface area contributed by atoms with E-state index in [1.165, 1.54) is 10.1 Å². The second kappa shape index (κ2) is 13.5.